The Balaban J connectivity index is 2.02. The van der Waals surface area contributed by atoms with Crippen LogP contribution in [0.15, 0.2) is 47.6 Å². The highest BCUT2D eigenvalue weighted by atomic mass is 32.2. The lowest BCUT2D eigenvalue weighted by Crippen LogP contribution is -2.25. The molecule has 3 rings (SSSR count). The van der Waals surface area contributed by atoms with Gasteiger partial charge >= 0.3 is 0 Å². The molecule has 0 spiro atoms. The van der Waals surface area contributed by atoms with Gasteiger partial charge in [-0.3, -0.25) is 4.79 Å². The minimum absolute atomic E-state index is 0.0301. The first kappa shape index (κ1) is 24.8. The third-order valence-electron chi connectivity index (χ3n) is 5.37. The second kappa shape index (κ2) is 10.8. The van der Waals surface area contributed by atoms with Gasteiger partial charge in [0.25, 0.3) is 0 Å². The summed E-state index contributed by atoms with van der Waals surface area (Å²) in [6, 6.07) is 15.6. The summed E-state index contributed by atoms with van der Waals surface area (Å²) in [5.74, 6) is 0.590. The molecular weight excluding hydrogens is 444 g/mol. The number of hydrogen-bond donors (Lipinski definition) is 2. The second-order valence-electron chi connectivity index (χ2n) is 8.15. The molecule has 1 atom stereocenters. The van der Waals surface area contributed by atoms with E-state index in [0.717, 1.165) is 22.9 Å². The Kier molecular flexibility index (Phi) is 7.88. The summed E-state index contributed by atoms with van der Waals surface area (Å²) in [6.45, 7) is 7.99. The van der Waals surface area contributed by atoms with Gasteiger partial charge in [-0.1, -0.05) is 56.8 Å². The van der Waals surface area contributed by atoms with E-state index >= 15 is 0 Å². The number of nitrogens with zero attached hydrogens (tertiary/aromatic N) is 4. The standard InChI is InChI=1S/C26H26N6OS/c1-5-21(25(33)31-22-12-16(4)10-11-30-22)34-26-20(14-28)23(19(13-27)24(29)32-26)18-8-6-17(7-9-18)15(2)3/h6-12,15,21H,5H2,1-4H3,(H2,29,32)(H,30,31,33). The highest BCUT2D eigenvalue weighted by Crippen LogP contribution is 2.38. The summed E-state index contributed by atoms with van der Waals surface area (Å²) in [5, 5.41) is 22.4. The molecule has 1 unspecified atom stereocenters. The topological polar surface area (TPSA) is 128 Å². The summed E-state index contributed by atoms with van der Waals surface area (Å²) in [6.07, 6.45) is 2.12. The SMILES string of the molecule is CCC(Sc1nc(N)c(C#N)c(-c2ccc(C(C)C)cc2)c1C#N)C(=O)Nc1cc(C)ccn1. The average Bonchev–Trinajstić information content (AvgIpc) is 2.82. The van der Waals surface area contributed by atoms with E-state index in [1.807, 2.05) is 44.2 Å². The lowest BCUT2D eigenvalue weighted by Gasteiger charge is -2.17. The Morgan fingerprint density at radius 1 is 1.15 bits per heavy atom. The molecule has 0 aliphatic heterocycles. The van der Waals surface area contributed by atoms with E-state index in [2.05, 4.69) is 41.3 Å². The zero-order chi connectivity index (χ0) is 24.8. The number of nitriles is 2. The fourth-order valence-electron chi connectivity index (χ4n) is 3.47. The van der Waals surface area contributed by atoms with E-state index < -0.39 is 5.25 Å². The summed E-state index contributed by atoms with van der Waals surface area (Å²) >= 11 is 1.16. The van der Waals surface area contributed by atoms with Gasteiger partial charge in [-0.05, 0) is 48.1 Å². The number of aryl methyl sites for hydroxylation is 1. The number of hydrogen-bond acceptors (Lipinski definition) is 7. The molecule has 0 radical (unpaired) electrons. The van der Waals surface area contributed by atoms with Crippen LogP contribution in [0.1, 0.15) is 55.4 Å². The van der Waals surface area contributed by atoms with Crippen LogP contribution in [0.25, 0.3) is 11.1 Å². The van der Waals surface area contributed by atoms with Crippen LogP contribution in [-0.2, 0) is 4.79 Å². The van der Waals surface area contributed by atoms with Crippen LogP contribution in [-0.4, -0.2) is 21.1 Å². The van der Waals surface area contributed by atoms with Gasteiger partial charge in [-0.2, -0.15) is 10.5 Å². The number of anilines is 2. The van der Waals surface area contributed by atoms with Crippen molar-refractivity contribution < 1.29 is 4.79 Å². The molecule has 7 nitrogen and oxygen atoms in total. The fourth-order valence-corrected chi connectivity index (χ4v) is 4.49. The van der Waals surface area contributed by atoms with Gasteiger partial charge in [0.15, 0.2) is 0 Å². The number of rotatable bonds is 7. The van der Waals surface area contributed by atoms with E-state index in [0.29, 0.717) is 34.3 Å². The summed E-state index contributed by atoms with van der Waals surface area (Å²) < 4.78 is 0. The maximum absolute atomic E-state index is 13.0. The molecule has 0 saturated carbocycles. The van der Waals surface area contributed by atoms with Crippen molar-refractivity contribution in [3.8, 4) is 23.3 Å². The van der Waals surface area contributed by atoms with Gasteiger partial charge in [0.05, 0.1) is 10.8 Å². The number of nitrogen functional groups attached to an aromatic ring is 1. The summed E-state index contributed by atoms with van der Waals surface area (Å²) in [5.41, 5.74) is 9.78. The smallest absolute Gasteiger partial charge is 0.239 e. The van der Waals surface area contributed by atoms with Gasteiger partial charge in [0.1, 0.15) is 34.4 Å². The highest BCUT2D eigenvalue weighted by molar-refractivity contribution is 8.00. The van der Waals surface area contributed by atoms with Crippen molar-refractivity contribution in [3.05, 3.63) is 64.8 Å². The Bertz CT molecular complexity index is 1290. The molecule has 3 N–H and O–H groups in total. The maximum Gasteiger partial charge on any atom is 0.239 e. The van der Waals surface area contributed by atoms with Crippen LogP contribution in [0.5, 0.6) is 0 Å². The average molecular weight is 471 g/mol. The number of carbonyl (C=O) groups is 1. The van der Waals surface area contributed by atoms with Crippen molar-refractivity contribution in [2.45, 2.75) is 50.3 Å². The van der Waals surface area contributed by atoms with Gasteiger partial charge in [0.2, 0.25) is 5.91 Å². The largest absolute Gasteiger partial charge is 0.383 e. The second-order valence-corrected chi connectivity index (χ2v) is 9.34. The minimum atomic E-state index is -0.537. The molecule has 1 aromatic carbocycles. The number of aromatic nitrogens is 2. The monoisotopic (exact) mass is 470 g/mol. The number of carbonyl (C=O) groups excluding carboxylic acids is 1. The zero-order valence-electron chi connectivity index (χ0n) is 19.6. The van der Waals surface area contributed by atoms with Crippen molar-refractivity contribution in [1.82, 2.24) is 9.97 Å². The number of amides is 1. The number of nitrogens with one attached hydrogen (secondary N) is 1. The Morgan fingerprint density at radius 3 is 2.38 bits per heavy atom. The van der Waals surface area contributed by atoms with Crippen molar-refractivity contribution in [2.75, 3.05) is 11.1 Å². The first-order valence-corrected chi connectivity index (χ1v) is 11.8. The molecule has 34 heavy (non-hydrogen) atoms. The van der Waals surface area contributed by atoms with Crippen LogP contribution >= 0.6 is 11.8 Å². The predicted octanol–water partition coefficient (Wildman–Crippen LogP) is 5.41. The van der Waals surface area contributed by atoms with E-state index in [4.69, 9.17) is 5.73 Å². The third-order valence-corrected chi connectivity index (χ3v) is 6.72. The van der Waals surface area contributed by atoms with Crippen LogP contribution in [0.2, 0.25) is 0 Å². The number of nitrogens with two attached hydrogens (primary N) is 1. The first-order chi connectivity index (χ1) is 16.3. The molecule has 172 valence electrons. The van der Waals surface area contributed by atoms with E-state index in [-0.39, 0.29) is 22.9 Å². The first-order valence-electron chi connectivity index (χ1n) is 10.9. The third kappa shape index (κ3) is 5.36. The van der Waals surface area contributed by atoms with Crippen molar-refractivity contribution in [3.63, 3.8) is 0 Å². The number of pyridine rings is 2. The molecule has 0 fully saturated rings. The number of thioether (sulfide) groups is 1. The summed E-state index contributed by atoms with van der Waals surface area (Å²) in [7, 11) is 0. The lowest BCUT2D eigenvalue weighted by atomic mass is 9.94. The molecule has 3 aromatic rings. The normalized spacial score (nSPS) is 11.5. The van der Waals surface area contributed by atoms with E-state index in [9.17, 15) is 15.3 Å². The Morgan fingerprint density at radius 2 is 1.82 bits per heavy atom. The Hall–Kier alpha value is -3.88. The van der Waals surface area contributed by atoms with Crippen LogP contribution in [0.4, 0.5) is 11.6 Å². The molecule has 0 bridgehead atoms. The molecule has 0 aliphatic carbocycles. The zero-order valence-corrected chi connectivity index (χ0v) is 20.4. The van der Waals surface area contributed by atoms with Gasteiger partial charge < -0.3 is 11.1 Å². The number of benzene rings is 1. The quantitative estimate of drug-likeness (QED) is 0.442. The molecule has 1 amide bonds. The van der Waals surface area contributed by atoms with E-state index in [1.165, 1.54) is 0 Å². The van der Waals surface area contributed by atoms with E-state index in [1.54, 1.807) is 12.3 Å². The van der Waals surface area contributed by atoms with Crippen LogP contribution in [0, 0.1) is 29.6 Å². The molecule has 2 aromatic heterocycles. The van der Waals surface area contributed by atoms with Crippen molar-refractivity contribution in [2.24, 2.45) is 0 Å². The Labute approximate surface area is 204 Å². The molecule has 0 aliphatic rings. The fraction of sp³-hybridized carbons (Fsp3) is 0.269. The van der Waals surface area contributed by atoms with Gasteiger partial charge in [-0.25, -0.2) is 9.97 Å². The van der Waals surface area contributed by atoms with Gasteiger partial charge in [-0.15, -0.1) is 0 Å². The summed E-state index contributed by atoms with van der Waals surface area (Å²) in [4.78, 5) is 21.5. The molecular formula is C26H26N6OS. The van der Waals surface area contributed by atoms with Crippen molar-refractivity contribution >= 4 is 29.3 Å². The highest BCUT2D eigenvalue weighted by Gasteiger charge is 2.25. The van der Waals surface area contributed by atoms with Crippen LogP contribution in [0.3, 0.4) is 0 Å². The molecule has 2 heterocycles. The van der Waals surface area contributed by atoms with Gasteiger partial charge in [0, 0.05) is 11.8 Å². The predicted molar refractivity (Wildman–Crippen MR) is 135 cm³/mol. The lowest BCUT2D eigenvalue weighted by molar-refractivity contribution is -0.115. The van der Waals surface area contributed by atoms with Crippen molar-refractivity contribution in [1.29, 1.82) is 10.5 Å². The maximum atomic E-state index is 13.0. The molecule has 0 saturated heterocycles. The minimum Gasteiger partial charge on any atom is -0.383 e. The van der Waals surface area contributed by atoms with Crippen LogP contribution < -0.4 is 11.1 Å². The molecule has 8 heteroatoms.